The van der Waals surface area contributed by atoms with E-state index in [4.69, 9.17) is 14.7 Å². The van der Waals surface area contributed by atoms with Crippen LogP contribution in [0.4, 0.5) is 5.69 Å². The van der Waals surface area contributed by atoms with E-state index in [1.54, 1.807) is 6.07 Å². The normalized spacial score (nSPS) is 11.4. The molecule has 18 heavy (non-hydrogen) atoms. The molecule has 0 aliphatic heterocycles. The molecule has 6 nitrogen and oxygen atoms in total. The number of nitriles is 1. The molecular weight excluding hydrogens is 236 g/mol. The SMILES string of the molecule is CCC(C#N)c1cc(OC)c(OC)c([N+](=O)[O-])c1. The van der Waals surface area contributed by atoms with Crippen molar-refractivity contribution in [1.29, 1.82) is 5.26 Å². The lowest BCUT2D eigenvalue weighted by molar-refractivity contribution is -0.385. The van der Waals surface area contributed by atoms with Gasteiger partial charge in [0, 0.05) is 6.07 Å². The average molecular weight is 250 g/mol. The largest absolute Gasteiger partial charge is 0.493 e. The monoisotopic (exact) mass is 250 g/mol. The molecule has 0 saturated carbocycles. The average Bonchev–Trinajstić information content (AvgIpc) is 2.38. The molecule has 0 spiro atoms. The van der Waals surface area contributed by atoms with Crippen molar-refractivity contribution >= 4 is 5.69 Å². The van der Waals surface area contributed by atoms with Crippen molar-refractivity contribution < 1.29 is 14.4 Å². The number of methoxy groups -OCH3 is 2. The van der Waals surface area contributed by atoms with Gasteiger partial charge in [-0.2, -0.15) is 5.26 Å². The van der Waals surface area contributed by atoms with Crippen LogP contribution in [0.1, 0.15) is 24.8 Å². The van der Waals surface area contributed by atoms with Crippen LogP contribution in [-0.2, 0) is 0 Å². The summed E-state index contributed by atoms with van der Waals surface area (Å²) in [5, 5.41) is 20.0. The van der Waals surface area contributed by atoms with Gasteiger partial charge in [0.05, 0.1) is 31.1 Å². The predicted octanol–water partition coefficient (Wildman–Crippen LogP) is 2.63. The molecule has 6 heteroatoms. The Morgan fingerprint density at radius 2 is 2.11 bits per heavy atom. The van der Waals surface area contributed by atoms with Crippen LogP contribution in [0.5, 0.6) is 11.5 Å². The maximum absolute atomic E-state index is 11.0. The molecule has 1 aromatic carbocycles. The van der Waals surface area contributed by atoms with Gasteiger partial charge in [0.15, 0.2) is 5.75 Å². The minimum Gasteiger partial charge on any atom is -0.493 e. The van der Waals surface area contributed by atoms with E-state index in [1.165, 1.54) is 20.3 Å². The van der Waals surface area contributed by atoms with Crippen molar-refractivity contribution in [2.75, 3.05) is 14.2 Å². The van der Waals surface area contributed by atoms with E-state index in [1.807, 2.05) is 6.92 Å². The number of nitrogens with zero attached hydrogens (tertiary/aromatic N) is 2. The Labute approximate surface area is 105 Å². The molecule has 0 aliphatic carbocycles. The molecule has 0 heterocycles. The number of rotatable bonds is 5. The molecule has 0 fully saturated rings. The molecule has 0 aromatic heterocycles. The summed E-state index contributed by atoms with van der Waals surface area (Å²) in [6.07, 6.45) is 0.573. The number of ether oxygens (including phenoxy) is 2. The molecule has 1 rings (SSSR count). The molecule has 0 amide bonds. The first-order valence-electron chi connectivity index (χ1n) is 5.38. The Morgan fingerprint density at radius 1 is 1.44 bits per heavy atom. The topological polar surface area (TPSA) is 85.4 Å². The third-order valence-electron chi connectivity index (χ3n) is 2.64. The Kier molecular flexibility index (Phi) is 4.49. The van der Waals surface area contributed by atoms with Crippen molar-refractivity contribution in [3.8, 4) is 17.6 Å². The zero-order valence-electron chi connectivity index (χ0n) is 10.5. The first-order valence-corrected chi connectivity index (χ1v) is 5.38. The molecular formula is C12H14N2O4. The summed E-state index contributed by atoms with van der Waals surface area (Å²) >= 11 is 0. The smallest absolute Gasteiger partial charge is 0.315 e. The number of nitro benzene ring substituents is 1. The van der Waals surface area contributed by atoms with Crippen LogP contribution in [0.25, 0.3) is 0 Å². The second-order valence-electron chi connectivity index (χ2n) is 3.62. The summed E-state index contributed by atoms with van der Waals surface area (Å²) in [4.78, 5) is 10.4. The van der Waals surface area contributed by atoms with E-state index in [0.29, 0.717) is 12.0 Å². The van der Waals surface area contributed by atoms with E-state index in [9.17, 15) is 10.1 Å². The molecule has 0 aliphatic rings. The molecule has 0 radical (unpaired) electrons. The lowest BCUT2D eigenvalue weighted by Crippen LogP contribution is -2.01. The quantitative estimate of drug-likeness (QED) is 0.592. The van der Waals surface area contributed by atoms with E-state index in [0.717, 1.165) is 0 Å². The van der Waals surface area contributed by atoms with Gasteiger partial charge in [0.1, 0.15) is 0 Å². The highest BCUT2D eigenvalue weighted by molar-refractivity contribution is 5.59. The molecule has 0 N–H and O–H groups in total. The van der Waals surface area contributed by atoms with Gasteiger partial charge < -0.3 is 9.47 Å². The Bertz CT molecular complexity index is 494. The fourth-order valence-corrected chi connectivity index (χ4v) is 1.70. The van der Waals surface area contributed by atoms with Gasteiger partial charge >= 0.3 is 5.69 Å². The minimum atomic E-state index is -0.547. The maximum Gasteiger partial charge on any atom is 0.315 e. The Hall–Kier alpha value is -2.29. The van der Waals surface area contributed by atoms with E-state index >= 15 is 0 Å². The van der Waals surface area contributed by atoms with Crippen LogP contribution < -0.4 is 9.47 Å². The van der Waals surface area contributed by atoms with Gasteiger partial charge in [0.2, 0.25) is 5.75 Å². The molecule has 0 saturated heterocycles. The summed E-state index contributed by atoms with van der Waals surface area (Å²) in [6, 6.07) is 5.06. The molecule has 1 atom stereocenters. The fourth-order valence-electron chi connectivity index (χ4n) is 1.70. The number of nitro groups is 1. The summed E-state index contributed by atoms with van der Waals surface area (Å²) in [7, 11) is 2.74. The second-order valence-corrected chi connectivity index (χ2v) is 3.62. The van der Waals surface area contributed by atoms with E-state index in [-0.39, 0.29) is 17.2 Å². The zero-order chi connectivity index (χ0) is 13.7. The minimum absolute atomic E-state index is 0.0686. The van der Waals surface area contributed by atoms with Crippen molar-refractivity contribution in [1.82, 2.24) is 0 Å². The van der Waals surface area contributed by atoms with Gasteiger partial charge in [-0.15, -0.1) is 0 Å². The Morgan fingerprint density at radius 3 is 2.50 bits per heavy atom. The highest BCUT2D eigenvalue weighted by Crippen LogP contribution is 2.40. The molecule has 96 valence electrons. The van der Waals surface area contributed by atoms with Gasteiger partial charge in [-0.05, 0) is 18.1 Å². The standard InChI is InChI=1S/C12H14N2O4/c1-4-8(7-13)9-5-10(14(15)16)12(18-3)11(6-9)17-2/h5-6,8H,4H2,1-3H3. The van der Waals surface area contributed by atoms with Gasteiger partial charge in [0.25, 0.3) is 0 Å². The highest BCUT2D eigenvalue weighted by Gasteiger charge is 2.23. The summed E-state index contributed by atoms with van der Waals surface area (Å²) < 4.78 is 10.0. The van der Waals surface area contributed by atoms with E-state index < -0.39 is 10.8 Å². The molecule has 1 aromatic rings. The number of benzene rings is 1. The lowest BCUT2D eigenvalue weighted by atomic mass is 9.97. The maximum atomic E-state index is 11.0. The van der Waals surface area contributed by atoms with Gasteiger partial charge in [-0.25, -0.2) is 0 Å². The first-order chi connectivity index (χ1) is 8.58. The first kappa shape index (κ1) is 13.8. The highest BCUT2D eigenvalue weighted by atomic mass is 16.6. The van der Waals surface area contributed by atoms with Crippen molar-refractivity contribution in [2.24, 2.45) is 0 Å². The zero-order valence-corrected chi connectivity index (χ0v) is 10.5. The van der Waals surface area contributed by atoms with Crippen LogP contribution in [0.3, 0.4) is 0 Å². The fraction of sp³-hybridized carbons (Fsp3) is 0.417. The van der Waals surface area contributed by atoms with Crippen molar-refractivity contribution in [3.63, 3.8) is 0 Å². The van der Waals surface area contributed by atoms with Crippen LogP contribution in [-0.4, -0.2) is 19.1 Å². The third kappa shape index (κ3) is 2.51. The van der Waals surface area contributed by atoms with Crippen LogP contribution in [0.2, 0.25) is 0 Å². The number of hydrogen-bond donors (Lipinski definition) is 0. The summed E-state index contributed by atoms with van der Waals surface area (Å²) in [5.74, 6) is -0.0713. The van der Waals surface area contributed by atoms with Crippen LogP contribution >= 0.6 is 0 Å². The predicted molar refractivity (Wildman–Crippen MR) is 64.8 cm³/mol. The van der Waals surface area contributed by atoms with Gasteiger partial charge in [-0.3, -0.25) is 10.1 Å². The lowest BCUT2D eigenvalue weighted by Gasteiger charge is -2.12. The number of hydrogen-bond acceptors (Lipinski definition) is 5. The van der Waals surface area contributed by atoms with Crippen LogP contribution in [0, 0.1) is 21.4 Å². The second kappa shape index (κ2) is 5.87. The van der Waals surface area contributed by atoms with Crippen molar-refractivity contribution in [3.05, 3.63) is 27.8 Å². The van der Waals surface area contributed by atoms with Crippen molar-refractivity contribution in [2.45, 2.75) is 19.3 Å². The van der Waals surface area contributed by atoms with Gasteiger partial charge in [-0.1, -0.05) is 6.92 Å². The third-order valence-corrected chi connectivity index (χ3v) is 2.64. The molecule has 1 unspecified atom stereocenters. The van der Waals surface area contributed by atoms with Crippen LogP contribution in [0.15, 0.2) is 12.1 Å². The summed E-state index contributed by atoms with van der Waals surface area (Å²) in [6.45, 7) is 1.84. The Balaban J connectivity index is 3.46. The molecule has 0 bridgehead atoms. The van der Waals surface area contributed by atoms with E-state index in [2.05, 4.69) is 6.07 Å². The summed E-state index contributed by atoms with van der Waals surface area (Å²) in [5.41, 5.74) is 0.366.